The lowest BCUT2D eigenvalue weighted by atomic mass is 9.92. The molecule has 2 aliphatic heterocycles. The molecule has 0 aliphatic carbocycles. The summed E-state index contributed by atoms with van der Waals surface area (Å²) in [7, 11) is 0. The molecule has 0 radical (unpaired) electrons. The largest absolute Gasteiger partial charge is 0.492 e. The molecule has 0 unspecified atom stereocenters. The average molecular weight is 342 g/mol. The monoisotopic (exact) mass is 342 g/mol. The van der Waals surface area contributed by atoms with Crippen molar-refractivity contribution in [1.82, 2.24) is 20.2 Å². The molecule has 2 aliphatic rings. The Morgan fingerprint density at radius 2 is 2.00 bits per heavy atom. The zero-order valence-corrected chi connectivity index (χ0v) is 14.6. The molecule has 0 atom stereocenters. The number of aromatic nitrogens is 2. The lowest BCUT2D eigenvalue weighted by Gasteiger charge is -2.26. The van der Waals surface area contributed by atoms with Crippen LogP contribution in [0.1, 0.15) is 24.5 Å². The molecule has 2 aromatic rings. The standard InChI is InChI=1S/C19H26N4O2/c1-2-17-18(21-14-22-19(17)15-3-5-20-6-4-15)13-16(1)25-12-9-23-7-10-24-11-8-23/h1-2,13-15,20H,3-12H2. The van der Waals surface area contributed by atoms with E-state index >= 15 is 0 Å². The van der Waals surface area contributed by atoms with Gasteiger partial charge in [-0.05, 0) is 38.1 Å². The Balaban J connectivity index is 1.43. The molecule has 3 heterocycles. The van der Waals surface area contributed by atoms with Crippen LogP contribution in [0, 0.1) is 0 Å². The summed E-state index contributed by atoms with van der Waals surface area (Å²) in [5.74, 6) is 1.41. The highest BCUT2D eigenvalue weighted by atomic mass is 16.5. The van der Waals surface area contributed by atoms with Crippen LogP contribution >= 0.6 is 0 Å². The second kappa shape index (κ2) is 8.08. The summed E-state index contributed by atoms with van der Waals surface area (Å²) < 4.78 is 11.3. The molecular weight excluding hydrogens is 316 g/mol. The van der Waals surface area contributed by atoms with Gasteiger partial charge in [-0.2, -0.15) is 0 Å². The van der Waals surface area contributed by atoms with E-state index in [1.165, 1.54) is 5.69 Å². The summed E-state index contributed by atoms with van der Waals surface area (Å²) in [6.45, 7) is 7.40. The van der Waals surface area contributed by atoms with Gasteiger partial charge in [0.25, 0.3) is 0 Å². The van der Waals surface area contributed by atoms with Crippen molar-refractivity contribution in [3.05, 3.63) is 30.2 Å². The first-order chi connectivity index (χ1) is 12.4. The number of nitrogens with zero attached hydrogens (tertiary/aromatic N) is 3. The lowest BCUT2D eigenvalue weighted by molar-refractivity contribution is 0.0322. The first kappa shape index (κ1) is 16.7. The third-order valence-corrected chi connectivity index (χ3v) is 5.14. The molecule has 6 nitrogen and oxygen atoms in total. The van der Waals surface area contributed by atoms with E-state index < -0.39 is 0 Å². The summed E-state index contributed by atoms with van der Waals surface area (Å²) in [4.78, 5) is 11.4. The third kappa shape index (κ3) is 4.08. The molecule has 0 amide bonds. The Bertz CT molecular complexity index is 697. The Kier molecular flexibility index (Phi) is 5.40. The second-order valence-electron chi connectivity index (χ2n) is 6.76. The number of fused-ring (bicyclic) bond motifs is 1. The minimum atomic E-state index is 0.528. The highest BCUT2D eigenvalue weighted by Gasteiger charge is 2.19. The molecule has 1 N–H and O–H groups in total. The van der Waals surface area contributed by atoms with Crippen LogP contribution in [0.5, 0.6) is 5.75 Å². The van der Waals surface area contributed by atoms with Gasteiger partial charge in [0, 0.05) is 37.0 Å². The molecule has 6 heteroatoms. The van der Waals surface area contributed by atoms with Gasteiger partial charge in [-0.1, -0.05) is 0 Å². The van der Waals surface area contributed by atoms with Crippen LogP contribution in [0.25, 0.3) is 10.9 Å². The normalized spacial score (nSPS) is 20.0. The number of piperidine rings is 1. The maximum absolute atomic E-state index is 5.95. The predicted molar refractivity (Wildman–Crippen MR) is 97.1 cm³/mol. The number of ether oxygens (including phenoxy) is 2. The molecule has 2 fully saturated rings. The molecule has 1 aromatic carbocycles. The van der Waals surface area contributed by atoms with Gasteiger partial charge < -0.3 is 14.8 Å². The van der Waals surface area contributed by atoms with Crippen molar-refractivity contribution in [2.75, 3.05) is 52.5 Å². The number of hydrogen-bond donors (Lipinski definition) is 1. The quantitative estimate of drug-likeness (QED) is 0.894. The Morgan fingerprint density at radius 1 is 1.16 bits per heavy atom. The van der Waals surface area contributed by atoms with Gasteiger partial charge in [0.15, 0.2) is 0 Å². The van der Waals surface area contributed by atoms with Crippen LogP contribution in [-0.2, 0) is 4.74 Å². The van der Waals surface area contributed by atoms with Crippen molar-refractivity contribution in [3.63, 3.8) is 0 Å². The maximum Gasteiger partial charge on any atom is 0.121 e. The first-order valence-corrected chi connectivity index (χ1v) is 9.28. The van der Waals surface area contributed by atoms with E-state index in [0.717, 1.165) is 75.4 Å². The number of nitrogens with one attached hydrogen (secondary N) is 1. The summed E-state index contributed by atoms with van der Waals surface area (Å²) in [6, 6.07) is 6.22. The van der Waals surface area contributed by atoms with Crippen molar-refractivity contribution in [2.24, 2.45) is 0 Å². The van der Waals surface area contributed by atoms with Gasteiger partial charge in [-0.25, -0.2) is 9.97 Å². The zero-order chi connectivity index (χ0) is 16.9. The van der Waals surface area contributed by atoms with Crippen molar-refractivity contribution >= 4 is 10.9 Å². The summed E-state index contributed by atoms with van der Waals surface area (Å²) in [6.07, 6.45) is 3.98. The van der Waals surface area contributed by atoms with Crippen molar-refractivity contribution in [1.29, 1.82) is 0 Å². The minimum Gasteiger partial charge on any atom is -0.492 e. The summed E-state index contributed by atoms with van der Waals surface area (Å²) in [5.41, 5.74) is 2.17. The predicted octanol–water partition coefficient (Wildman–Crippen LogP) is 1.81. The van der Waals surface area contributed by atoms with E-state index in [0.29, 0.717) is 12.5 Å². The van der Waals surface area contributed by atoms with Crippen molar-refractivity contribution in [2.45, 2.75) is 18.8 Å². The van der Waals surface area contributed by atoms with Gasteiger partial charge in [0.05, 0.1) is 24.4 Å². The Morgan fingerprint density at radius 3 is 2.84 bits per heavy atom. The van der Waals surface area contributed by atoms with Crippen LogP contribution in [0.15, 0.2) is 24.5 Å². The summed E-state index contributed by atoms with van der Waals surface area (Å²) in [5, 5.41) is 4.58. The molecule has 0 spiro atoms. The van der Waals surface area contributed by atoms with Crippen LogP contribution in [-0.4, -0.2) is 67.4 Å². The smallest absolute Gasteiger partial charge is 0.121 e. The number of rotatable bonds is 5. The topological polar surface area (TPSA) is 59.5 Å². The SMILES string of the molecule is c1nc(C2CCNCC2)c2ccc(OCCN3CCOCC3)cc2n1. The van der Waals surface area contributed by atoms with E-state index in [1.54, 1.807) is 6.33 Å². The fourth-order valence-electron chi connectivity index (χ4n) is 3.69. The number of benzene rings is 1. The number of hydrogen-bond acceptors (Lipinski definition) is 6. The molecule has 2 saturated heterocycles. The second-order valence-corrected chi connectivity index (χ2v) is 6.76. The molecule has 4 rings (SSSR count). The molecule has 0 saturated carbocycles. The molecule has 0 bridgehead atoms. The van der Waals surface area contributed by atoms with Gasteiger partial charge >= 0.3 is 0 Å². The van der Waals surface area contributed by atoms with E-state index in [-0.39, 0.29) is 0 Å². The Labute approximate surface area is 148 Å². The fourth-order valence-corrected chi connectivity index (χ4v) is 3.69. The number of morpholine rings is 1. The average Bonchev–Trinajstić information content (AvgIpc) is 2.69. The molecule has 134 valence electrons. The zero-order valence-electron chi connectivity index (χ0n) is 14.6. The Hall–Kier alpha value is -1.76. The molecule has 25 heavy (non-hydrogen) atoms. The summed E-state index contributed by atoms with van der Waals surface area (Å²) >= 11 is 0. The molecular formula is C19H26N4O2. The fraction of sp³-hybridized carbons (Fsp3) is 0.579. The molecule has 1 aromatic heterocycles. The minimum absolute atomic E-state index is 0.528. The van der Waals surface area contributed by atoms with Crippen LogP contribution in [0.2, 0.25) is 0 Å². The van der Waals surface area contributed by atoms with Gasteiger partial charge in [-0.3, -0.25) is 4.90 Å². The first-order valence-electron chi connectivity index (χ1n) is 9.28. The van der Waals surface area contributed by atoms with Crippen molar-refractivity contribution < 1.29 is 9.47 Å². The van der Waals surface area contributed by atoms with Crippen LogP contribution < -0.4 is 10.1 Å². The van der Waals surface area contributed by atoms with Crippen molar-refractivity contribution in [3.8, 4) is 5.75 Å². The van der Waals surface area contributed by atoms with Gasteiger partial charge in [0.1, 0.15) is 18.7 Å². The van der Waals surface area contributed by atoms with Crippen LogP contribution in [0.4, 0.5) is 0 Å². The highest BCUT2D eigenvalue weighted by Crippen LogP contribution is 2.30. The van der Waals surface area contributed by atoms with Gasteiger partial charge in [0.2, 0.25) is 0 Å². The van der Waals surface area contributed by atoms with E-state index in [2.05, 4.69) is 32.3 Å². The van der Waals surface area contributed by atoms with Crippen LogP contribution in [0.3, 0.4) is 0 Å². The van der Waals surface area contributed by atoms with E-state index in [4.69, 9.17) is 9.47 Å². The maximum atomic E-state index is 5.95. The highest BCUT2D eigenvalue weighted by molar-refractivity contribution is 5.82. The van der Waals surface area contributed by atoms with E-state index in [1.807, 2.05) is 6.07 Å². The van der Waals surface area contributed by atoms with E-state index in [9.17, 15) is 0 Å². The third-order valence-electron chi connectivity index (χ3n) is 5.14. The van der Waals surface area contributed by atoms with Gasteiger partial charge in [-0.15, -0.1) is 0 Å². The lowest BCUT2D eigenvalue weighted by Crippen LogP contribution is -2.38.